The summed E-state index contributed by atoms with van der Waals surface area (Å²) in [5, 5.41) is 0. The number of likely N-dealkylation sites (N-methyl/N-ethyl adjacent to an activating group) is 1. The first-order valence-electron chi connectivity index (χ1n) is 10.3. The van der Waals surface area contributed by atoms with Crippen molar-refractivity contribution in [1.82, 2.24) is 14.7 Å². The van der Waals surface area contributed by atoms with E-state index in [1.807, 2.05) is 70.6 Å². The first-order chi connectivity index (χ1) is 15.6. The van der Waals surface area contributed by atoms with E-state index in [1.165, 1.54) is 9.80 Å². The van der Waals surface area contributed by atoms with Gasteiger partial charge in [-0.3, -0.25) is 19.5 Å². The molecule has 2 aromatic rings. The average Bonchev–Trinajstić information content (AvgIpc) is 3.37. The molecule has 3 aliphatic heterocycles. The van der Waals surface area contributed by atoms with Gasteiger partial charge in [-0.2, -0.15) is 0 Å². The Morgan fingerprint density at radius 2 is 1.81 bits per heavy atom. The van der Waals surface area contributed by atoms with Crippen molar-refractivity contribution in [2.75, 3.05) is 25.6 Å². The second kappa shape index (κ2) is 7.56. The summed E-state index contributed by atoms with van der Waals surface area (Å²) in [5.74, 6) is 0.969. The summed E-state index contributed by atoms with van der Waals surface area (Å²) < 4.78 is 5.62. The maximum absolute atomic E-state index is 13.3. The summed E-state index contributed by atoms with van der Waals surface area (Å²) in [6, 6.07) is 16.6. The Bertz CT molecular complexity index is 1160. The molecule has 3 amide bonds. The van der Waals surface area contributed by atoms with E-state index in [9.17, 15) is 9.59 Å². The molecular weight excluding hydrogens is 406 g/mol. The number of aliphatic imine (C=N–C) groups is 1. The average molecular weight is 429 g/mol. The predicted molar refractivity (Wildman–Crippen MR) is 122 cm³/mol. The number of benzene rings is 2. The number of rotatable bonds is 5. The molecule has 2 aromatic carbocycles. The number of methoxy groups -OCH3 is 1. The zero-order chi connectivity index (χ0) is 22.4. The van der Waals surface area contributed by atoms with Crippen molar-refractivity contribution in [1.29, 1.82) is 0 Å². The number of fused-ring (bicyclic) bond motifs is 3. The van der Waals surface area contributed by atoms with E-state index in [4.69, 9.17) is 9.73 Å². The fraction of sp³-hybridized carbons (Fsp3) is 0.208. The van der Waals surface area contributed by atoms with Crippen LogP contribution in [0, 0.1) is 0 Å². The van der Waals surface area contributed by atoms with Crippen molar-refractivity contribution in [2.24, 2.45) is 4.99 Å². The van der Waals surface area contributed by atoms with E-state index < -0.39 is 12.2 Å². The molecule has 0 N–H and O–H groups in total. The van der Waals surface area contributed by atoms with Gasteiger partial charge in [0.1, 0.15) is 5.75 Å². The molecule has 3 heterocycles. The SMILES string of the molecule is C=CCN1C(=O)C2C(N=C3N(c4ccccc4OC)C(c4ccccc4)=CN32)N(C)C1=O. The molecule has 162 valence electrons. The zero-order valence-corrected chi connectivity index (χ0v) is 17.9. The lowest BCUT2D eigenvalue weighted by atomic mass is 10.1. The molecule has 0 saturated carbocycles. The highest BCUT2D eigenvalue weighted by Gasteiger charge is 2.54. The molecule has 2 unspecified atom stereocenters. The van der Waals surface area contributed by atoms with Crippen LogP contribution in [-0.4, -0.2) is 65.5 Å². The number of anilines is 1. The van der Waals surface area contributed by atoms with Gasteiger partial charge in [-0.05, 0) is 12.1 Å². The summed E-state index contributed by atoms with van der Waals surface area (Å²) in [7, 11) is 3.29. The molecule has 0 bridgehead atoms. The standard InChI is InChI=1S/C24H23N5O3/c1-4-14-27-22(30)20-21(26(2)24(27)31)25-23-28(20)15-18(16-10-6-5-7-11-16)29(23)17-12-8-9-13-19(17)32-3/h4-13,15,20-21H,1,14H2,2-3H3. The number of urea groups is 1. The van der Waals surface area contributed by atoms with Gasteiger partial charge >= 0.3 is 6.03 Å². The highest BCUT2D eigenvalue weighted by atomic mass is 16.5. The Labute approximate surface area is 186 Å². The van der Waals surface area contributed by atoms with Crippen LogP contribution in [0.2, 0.25) is 0 Å². The molecule has 0 aromatic heterocycles. The van der Waals surface area contributed by atoms with Crippen molar-refractivity contribution < 1.29 is 14.3 Å². The minimum absolute atomic E-state index is 0.153. The van der Waals surface area contributed by atoms with Crippen LogP contribution in [0.15, 0.2) is 78.4 Å². The summed E-state index contributed by atoms with van der Waals surface area (Å²) in [6.45, 7) is 3.83. The molecule has 1 saturated heterocycles. The molecule has 3 aliphatic rings. The lowest BCUT2D eigenvalue weighted by Gasteiger charge is -2.39. The first kappa shape index (κ1) is 19.9. The van der Waals surface area contributed by atoms with Gasteiger partial charge in [-0.1, -0.05) is 48.5 Å². The summed E-state index contributed by atoms with van der Waals surface area (Å²) in [6.07, 6.45) is 2.87. The first-order valence-corrected chi connectivity index (χ1v) is 10.3. The predicted octanol–water partition coefficient (Wildman–Crippen LogP) is 2.96. The highest BCUT2D eigenvalue weighted by molar-refractivity contribution is 6.16. The third kappa shape index (κ3) is 2.80. The van der Waals surface area contributed by atoms with E-state index >= 15 is 0 Å². The molecular formula is C24H23N5O3. The Morgan fingerprint density at radius 1 is 1.09 bits per heavy atom. The number of nitrogens with zero attached hydrogens (tertiary/aromatic N) is 5. The van der Waals surface area contributed by atoms with E-state index in [0.29, 0.717) is 11.7 Å². The van der Waals surface area contributed by atoms with Crippen LogP contribution in [0.3, 0.4) is 0 Å². The van der Waals surface area contributed by atoms with Crippen molar-refractivity contribution >= 4 is 29.3 Å². The monoisotopic (exact) mass is 429 g/mol. The van der Waals surface area contributed by atoms with Gasteiger partial charge in [-0.15, -0.1) is 6.58 Å². The maximum Gasteiger partial charge on any atom is 0.328 e. The summed E-state index contributed by atoms with van der Waals surface area (Å²) in [5.41, 5.74) is 2.65. The van der Waals surface area contributed by atoms with Crippen LogP contribution in [0.5, 0.6) is 5.75 Å². The van der Waals surface area contributed by atoms with Crippen LogP contribution in [0.4, 0.5) is 10.5 Å². The molecule has 5 rings (SSSR count). The molecule has 0 aliphatic carbocycles. The number of imide groups is 1. The molecule has 2 atom stereocenters. The van der Waals surface area contributed by atoms with Crippen LogP contribution in [-0.2, 0) is 4.79 Å². The van der Waals surface area contributed by atoms with E-state index in [1.54, 1.807) is 20.2 Å². The molecule has 32 heavy (non-hydrogen) atoms. The van der Waals surface area contributed by atoms with Gasteiger partial charge in [-0.25, -0.2) is 9.79 Å². The van der Waals surface area contributed by atoms with Crippen molar-refractivity contribution in [2.45, 2.75) is 12.2 Å². The highest BCUT2D eigenvalue weighted by Crippen LogP contribution is 2.42. The van der Waals surface area contributed by atoms with Gasteiger partial charge < -0.3 is 9.64 Å². The molecule has 0 radical (unpaired) electrons. The van der Waals surface area contributed by atoms with Crippen LogP contribution in [0.25, 0.3) is 5.70 Å². The number of carbonyl (C=O) groups excluding carboxylic acids is 2. The number of hydrogen-bond acceptors (Lipinski definition) is 6. The largest absolute Gasteiger partial charge is 0.495 e. The third-order valence-corrected chi connectivity index (χ3v) is 5.92. The topological polar surface area (TPSA) is 68.7 Å². The number of carbonyl (C=O) groups is 2. The minimum Gasteiger partial charge on any atom is -0.495 e. The second-order valence-electron chi connectivity index (χ2n) is 7.71. The fourth-order valence-corrected chi connectivity index (χ4v) is 4.40. The maximum atomic E-state index is 13.3. The number of amides is 3. The number of guanidine groups is 1. The van der Waals surface area contributed by atoms with Crippen molar-refractivity contribution in [3.05, 3.63) is 79.0 Å². The minimum atomic E-state index is -0.647. The zero-order valence-electron chi connectivity index (χ0n) is 17.9. The van der Waals surface area contributed by atoms with E-state index in [2.05, 4.69) is 6.58 Å². The van der Waals surface area contributed by atoms with Crippen molar-refractivity contribution in [3.63, 3.8) is 0 Å². The van der Waals surface area contributed by atoms with E-state index in [0.717, 1.165) is 16.9 Å². The van der Waals surface area contributed by atoms with Crippen molar-refractivity contribution in [3.8, 4) is 5.75 Å². The van der Waals surface area contributed by atoms with Crippen LogP contribution in [0.1, 0.15) is 5.56 Å². The van der Waals surface area contributed by atoms with Gasteiger partial charge in [0.2, 0.25) is 5.96 Å². The number of ether oxygens (including phenoxy) is 1. The van der Waals surface area contributed by atoms with Gasteiger partial charge in [0.15, 0.2) is 12.2 Å². The fourth-order valence-electron chi connectivity index (χ4n) is 4.40. The number of hydrogen-bond donors (Lipinski definition) is 0. The molecule has 1 fully saturated rings. The Morgan fingerprint density at radius 3 is 2.53 bits per heavy atom. The Balaban J connectivity index is 1.65. The second-order valence-corrected chi connectivity index (χ2v) is 7.71. The summed E-state index contributed by atoms with van der Waals surface area (Å²) >= 11 is 0. The summed E-state index contributed by atoms with van der Waals surface area (Å²) in [4.78, 5) is 37.5. The van der Waals surface area contributed by atoms with Gasteiger partial charge in [0.05, 0.1) is 18.5 Å². The molecule has 8 heteroatoms. The Kier molecular flexibility index (Phi) is 4.70. The molecule has 8 nitrogen and oxygen atoms in total. The normalized spacial score (nSPS) is 21.9. The molecule has 0 spiro atoms. The van der Waals surface area contributed by atoms with Gasteiger partial charge in [0, 0.05) is 25.4 Å². The number of para-hydroxylation sites is 2. The third-order valence-electron chi connectivity index (χ3n) is 5.92. The van der Waals surface area contributed by atoms with Crippen LogP contribution < -0.4 is 9.64 Å². The lowest BCUT2D eigenvalue weighted by molar-refractivity contribution is -0.136. The van der Waals surface area contributed by atoms with Gasteiger partial charge in [0.25, 0.3) is 5.91 Å². The van der Waals surface area contributed by atoms with E-state index in [-0.39, 0.29) is 18.5 Å². The van der Waals surface area contributed by atoms with Crippen LogP contribution >= 0.6 is 0 Å². The smallest absolute Gasteiger partial charge is 0.328 e. The quantitative estimate of drug-likeness (QED) is 0.684. The lowest BCUT2D eigenvalue weighted by Crippen LogP contribution is -2.64. The Hall–Kier alpha value is -4.07.